The number of rotatable bonds is 8. The third-order valence-electron chi connectivity index (χ3n) is 11.0. The van der Waals surface area contributed by atoms with Crippen LogP contribution < -0.4 is 14.4 Å². The van der Waals surface area contributed by atoms with Crippen molar-refractivity contribution in [2.24, 2.45) is 35.0 Å². The van der Waals surface area contributed by atoms with Gasteiger partial charge in [0.1, 0.15) is 17.1 Å². The molecule has 4 aliphatic carbocycles. The van der Waals surface area contributed by atoms with Gasteiger partial charge in [-0.3, -0.25) is 9.59 Å². The van der Waals surface area contributed by atoms with E-state index < -0.39 is 5.60 Å². The summed E-state index contributed by atoms with van der Waals surface area (Å²) in [5.74, 6) is 3.34. The number of benzene rings is 2. The molecular weight excluding hydrogens is 510 g/mol. The van der Waals surface area contributed by atoms with Crippen LogP contribution in [0.25, 0.3) is 12.2 Å². The minimum atomic E-state index is -0.573. The molecule has 4 atom stereocenters. The van der Waals surface area contributed by atoms with Crippen LogP contribution in [0.3, 0.4) is 0 Å². The number of esters is 1. The van der Waals surface area contributed by atoms with E-state index >= 15 is 0 Å². The average Bonchev–Trinajstić information content (AvgIpc) is 3.31. The van der Waals surface area contributed by atoms with Crippen LogP contribution in [0.15, 0.2) is 48.6 Å². The summed E-state index contributed by atoms with van der Waals surface area (Å²) in [5.41, 5.74) is 3.27. The van der Waals surface area contributed by atoms with Gasteiger partial charge in [0, 0.05) is 18.8 Å². The highest BCUT2D eigenvalue weighted by Crippen LogP contribution is 2.76. The zero-order valence-corrected chi connectivity index (χ0v) is 24.7. The quantitative estimate of drug-likeness (QED) is 0.146. The van der Waals surface area contributed by atoms with Crippen molar-refractivity contribution >= 4 is 29.6 Å². The number of fused-ring (bicyclic) bond motifs is 3. The zero-order chi connectivity index (χ0) is 28.5. The first kappa shape index (κ1) is 26.6. The van der Waals surface area contributed by atoms with Crippen molar-refractivity contribution in [2.45, 2.75) is 65.4 Å². The van der Waals surface area contributed by atoms with Crippen molar-refractivity contribution in [1.29, 1.82) is 0 Å². The first-order valence-electron chi connectivity index (χ1n) is 15.6. The summed E-state index contributed by atoms with van der Waals surface area (Å²) in [7, 11) is 0. The van der Waals surface area contributed by atoms with Gasteiger partial charge in [0.15, 0.2) is 5.78 Å². The first-order chi connectivity index (χ1) is 19.7. The van der Waals surface area contributed by atoms with E-state index in [0.29, 0.717) is 39.9 Å². The molecule has 2 aromatic rings. The van der Waals surface area contributed by atoms with E-state index in [1.807, 2.05) is 44.2 Å². The topological polar surface area (TPSA) is 55.8 Å². The molecule has 4 unspecified atom stereocenters. The number of ether oxygens (including phenoxy) is 2. The summed E-state index contributed by atoms with van der Waals surface area (Å²) in [6.45, 7) is 10.1. The number of anilines is 1. The molecular formula is C36H41NO4. The van der Waals surface area contributed by atoms with Crippen molar-refractivity contribution in [3.8, 4) is 11.5 Å². The molecule has 4 fully saturated rings. The molecule has 7 rings (SSSR count). The van der Waals surface area contributed by atoms with E-state index in [0.717, 1.165) is 30.5 Å². The van der Waals surface area contributed by atoms with E-state index in [1.54, 1.807) is 18.2 Å². The molecule has 3 bridgehead atoms. The maximum absolute atomic E-state index is 13.7. The molecule has 5 heteroatoms. The Morgan fingerprint density at radius 2 is 1.66 bits per heavy atom. The van der Waals surface area contributed by atoms with Gasteiger partial charge >= 0.3 is 5.97 Å². The second kappa shape index (κ2) is 9.61. The van der Waals surface area contributed by atoms with Crippen molar-refractivity contribution < 1.29 is 19.1 Å². The van der Waals surface area contributed by atoms with Crippen LogP contribution in [0, 0.1) is 35.0 Å². The van der Waals surface area contributed by atoms with Crippen LogP contribution in [0.4, 0.5) is 5.69 Å². The summed E-state index contributed by atoms with van der Waals surface area (Å²) in [5, 5.41) is 0. The fourth-order valence-corrected chi connectivity index (χ4v) is 9.12. The number of carbonyl (C=O) groups excluding carboxylic acids is 2. The van der Waals surface area contributed by atoms with Crippen molar-refractivity contribution in [3.63, 3.8) is 0 Å². The Morgan fingerprint density at radius 1 is 0.976 bits per heavy atom. The van der Waals surface area contributed by atoms with Gasteiger partial charge in [-0.05, 0) is 137 Å². The second-order valence-electron chi connectivity index (χ2n) is 13.6. The molecule has 0 N–H and O–H groups in total. The normalized spacial score (nSPS) is 31.4. The Morgan fingerprint density at radius 3 is 2.32 bits per heavy atom. The summed E-state index contributed by atoms with van der Waals surface area (Å²) in [6.07, 6.45) is 13.5. The number of nitrogens with zero attached hydrogens (tertiary/aromatic N) is 1. The monoisotopic (exact) mass is 551 g/mol. The molecule has 214 valence electrons. The third kappa shape index (κ3) is 4.26. The molecule has 5 nitrogen and oxygen atoms in total. The van der Waals surface area contributed by atoms with Gasteiger partial charge in [0.2, 0.25) is 0 Å². The van der Waals surface area contributed by atoms with Crippen LogP contribution in [-0.4, -0.2) is 30.4 Å². The SMILES string of the molecule is CCN(CC)c1ccc(/C=C/C(=O)c2ccc(OC(=O)C3C4CC5CC6CC3CC56C4)c3c2OC(C)(C)C=C3)cc1. The Labute approximate surface area is 243 Å². The Bertz CT molecular complexity index is 1420. The van der Waals surface area contributed by atoms with Crippen molar-refractivity contribution in [3.05, 3.63) is 65.2 Å². The third-order valence-corrected chi connectivity index (χ3v) is 11.0. The number of ketones is 1. The molecule has 0 radical (unpaired) electrons. The van der Waals surface area contributed by atoms with Gasteiger partial charge in [-0.2, -0.15) is 0 Å². The lowest BCUT2D eigenvalue weighted by atomic mass is 9.56. The molecule has 0 saturated heterocycles. The van der Waals surface area contributed by atoms with Gasteiger partial charge in [0.25, 0.3) is 0 Å². The Balaban J connectivity index is 1.12. The molecule has 1 spiro atoms. The number of hydrogen-bond donors (Lipinski definition) is 0. The smallest absolute Gasteiger partial charge is 0.314 e. The highest BCUT2D eigenvalue weighted by atomic mass is 16.5. The number of allylic oxidation sites excluding steroid dienone is 1. The molecule has 1 aliphatic heterocycles. The number of carbonyl (C=O) groups is 2. The molecule has 5 aliphatic rings. The standard InChI is InChI=1S/C36H41NO4/c1-5-37(6-2)27-10-7-22(8-11-27)9-13-30(38)28-12-14-31(29-15-16-35(3,4)41-33(28)29)40-34(39)32-23-17-25-19-26-18-24(32)21-36(25,26)20-23/h7-16,23-26,32H,5-6,17-21H2,1-4H3/b13-9+. The summed E-state index contributed by atoms with van der Waals surface area (Å²) in [6, 6.07) is 11.8. The summed E-state index contributed by atoms with van der Waals surface area (Å²) in [4.78, 5) is 29.4. The lowest BCUT2D eigenvalue weighted by Crippen LogP contribution is -2.42. The highest BCUT2D eigenvalue weighted by Gasteiger charge is 2.70. The van der Waals surface area contributed by atoms with E-state index in [1.165, 1.54) is 37.8 Å². The van der Waals surface area contributed by atoms with E-state index in [2.05, 4.69) is 30.9 Å². The molecule has 0 aromatic heterocycles. The molecule has 4 saturated carbocycles. The fraction of sp³-hybridized carbons (Fsp3) is 0.500. The largest absolute Gasteiger partial charge is 0.482 e. The van der Waals surface area contributed by atoms with Gasteiger partial charge in [-0.1, -0.05) is 18.2 Å². The number of hydrogen-bond acceptors (Lipinski definition) is 5. The van der Waals surface area contributed by atoms with E-state index in [-0.39, 0.29) is 17.7 Å². The second-order valence-corrected chi connectivity index (χ2v) is 13.6. The highest BCUT2D eigenvalue weighted by molar-refractivity contribution is 6.09. The summed E-state index contributed by atoms with van der Waals surface area (Å²) < 4.78 is 12.5. The maximum Gasteiger partial charge on any atom is 0.314 e. The molecule has 0 amide bonds. The van der Waals surface area contributed by atoms with Crippen LogP contribution in [0.1, 0.15) is 81.3 Å². The maximum atomic E-state index is 13.7. The van der Waals surface area contributed by atoms with Crippen LogP contribution >= 0.6 is 0 Å². The zero-order valence-electron chi connectivity index (χ0n) is 24.7. The van der Waals surface area contributed by atoms with Gasteiger partial charge in [-0.15, -0.1) is 0 Å². The summed E-state index contributed by atoms with van der Waals surface area (Å²) >= 11 is 0. The Kier molecular flexibility index (Phi) is 6.22. The molecule has 2 aromatic carbocycles. The lowest BCUT2D eigenvalue weighted by Gasteiger charge is -2.49. The predicted molar refractivity (Wildman–Crippen MR) is 162 cm³/mol. The van der Waals surface area contributed by atoms with Crippen LogP contribution in [-0.2, 0) is 4.79 Å². The predicted octanol–water partition coefficient (Wildman–Crippen LogP) is 7.59. The fourth-order valence-electron chi connectivity index (χ4n) is 9.12. The van der Waals surface area contributed by atoms with E-state index in [9.17, 15) is 9.59 Å². The Hall–Kier alpha value is -3.34. The van der Waals surface area contributed by atoms with Crippen molar-refractivity contribution in [2.75, 3.05) is 18.0 Å². The van der Waals surface area contributed by atoms with Crippen molar-refractivity contribution in [1.82, 2.24) is 0 Å². The average molecular weight is 552 g/mol. The molecule has 1 heterocycles. The van der Waals surface area contributed by atoms with Gasteiger partial charge < -0.3 is 14.4 Å². The minimum absolute atomic E-state index is 0.00336. The van der Waals surface area contributed by atoms with E-state index in [4.69, 9.17) is 9.47 Å². The lowest BCUT2D eigenvalue weighted by molar-refractivity contribution is -0.144. The van der Waals surface area contributed by atoms with Gasteiger partial charge in [0.05, 0.1) is 17.0 Å². The minimum Gasteiger partial charge on any atom is -0.482 e. The first-order valence-corrected chi connectivity index (χ1v) is 15.6. The molecule has 41 heavy (non-hydrogen) atoms. The van der Waals surface area contributed by atoms with Gasteiger partial charge in [-0.25, -0.2) is 0 Å². The van der Waals surface area contributed by atoms with Crippen LogP contribution in [0.5, 0.6) is 11.5 Å². The van der Waals surface area contributed by atoms with Crippen LogP contribution in [0.2, 0.25) is 0 Å².